The van der Waals surface area contributed by atoms with Gasteiger partial charge in [0.05, 0.1) is 11.2 Å². The predicted molar refractivity (Wildman–Crippen MR) is 68.3 cm³/mol. The minimum Gasteiger partial charge on any atom is -0.339 e. The Morgan fingerprint density at radius 1 is 1.19 bits per heavy atom. The zero-order chi connectivity index (χ0) is 11.1. The molecule has 0 fully saturated rings. The minimum atomic E-state index is 1.01. The third-order valence-corrected chi connectivity index (χ3v) is 2.93. The molecule has 0 saturated carbocycles. The van der Waals surface area contributed by atoms with Crippen LogP contribution in [0.15, 0.2) is 41.6 Å². The highest BCUT2D eigenvalue weighted by Crippen LogP contribution is 2.28. The Hall–Kier alpha value is -2.18. The Labute approximate surface area is 94.0 Å². The molecule has 0 spiro atoms. The molecule has 1 heterocycles. The molecule has 1 aromatic heterocycles. The average molecular weight is 208 g/mol. The SMILES string of the molecule is CC1=C=Cc2c(c3ccccc3n2N)C=C1. The van der Waals surface area contributed by atoms with E-state index in [9.17, 15) is 0 Å². The Balaban J connectivity index is 2.47. The highest BCUT2D eigenvalue weighted by Gasteiger charge is 2.11. The molecular weight excluding hydrogens is 196 g/mol. The Bertz CT molecular complexity index is 665. The summed E-state index contributed by atoms with van der Waals surface area (Å²) in [6.45, 7) is 2.03. The van der Waals surface area contributed by atoms with Gasteiger partial charge in [0.1, 0.15) is 0 Å². The van der Waals surface area contributed by atoms with Crippen LogP contribution in [0.5, 0.6) is 0 Å². The van der Waals surface area contributed by atoms with Gasteiger partial charge < -0.3 is 5.84 Å². The molecule has 2 aromatic rings. The molecule has 1 aliphatic rings. The number of fused-ring (bicyclic) bond motifs is 3. The summed E-state index contributed by atoms with van der Waals surface area (Å²) in [5, 5.41) is 1.18. The molecule has 1 aromatic carbocycles. The van der Waals surface area contributed by atoms with Crippen LogP contribution in [0, 0.1) is 0 Å². The van der Waals surface area contributed by atoms with E-state index >= 15 is 0 Å². The number of allylic oxidation sites excluding steroid dienone is 2. The van der Waals surface area contributed by atoms with Crippen LogP contribution in [0.3, 0.4) is 0 Å². The monoisotopic (exact) mass is 208 g/mol. The van der Waals surface area contributed by atoms with Gasteiger partial charge in [0.2, 0.25) is 0 Å². The van der Waals surface area contributed by atoms with E-state index in [-0.39, 0.29) is 0 Å². The number of aromatic nitrogens is 1. The standard InChI is InChI=1S/C14H12N2/c1-10-6-8-12-11-4-2-3-5-13(11)16(15)14(12)9-7-10/h2-6,8-9H,15H2,1H3. The van der Waals surface area contributed by atoms with Crippen LogP contribution in [-0.2, 0) is 0 Å². The van der Waals surface area contributed by atoms with E-state index in [1.54, 1.807) is 4.68 Å². The Morgan fingerprint density at radius 3 is 2.88 bits per heavy atom. The smallest absolute Gasteiger partial charge is 0.0780 e. The largest absolute Gasteiger partial charge is 0.339 e. The lowest BCUT2D eigenvalue weighted by Crippen LogP contribution is -2.09. The van der Waals surface area contributed by atoms with Crippen LogP contribution in [0.1, 0.15) is 18.2 Å². The number of benzene rings is 1. The molecule has 0 radical (unpaired) electrons. The maximum Gasteiger partial charge on any atom is 0.0780 e. The molecule has 0 bridgehead atoms. The summed E-state index contributed by atoms with van der Waals surface area (Å²) in [7, 11) is 0. The van der Waals surface area contributed by atoms with Crippen LogP contribution in [0.4, 0.5) is 0 Å². The predicted octanol–water partition coefficient (Wildman–Crippen LogP) is 2.94. The van der Waals surface area contributed by atoms with Gasteiger partial charge in [-0.05, 0) is 18.6 Å². The van der Waals surface area contributed by atoms with Gasteiger partial charge in [-0.3, -0.25) is 4.68 Å². The van der Waals surface area contributed by atoms with Gasteiger partial charge in [-0.2, -0.15) is 0 Å². The fourth-order valence-electron chi connectivity index (χ4n) is 2.07. The van der Waals surface area contributed by atoms with Crippen molar-refractivity contribution < 1.29 is 0 Å². The summed E-state index contributed by atoms with van der Waals surface area (Å²) in [5.74, 6) is 6.08. The molecule has 0 saturated heterocycles. The minimum absolute atomic E-state index is 1.01. The molecule has 0 aliphatic heterocycles. The van der Waals surface area contributed by atoms with Gasteiger partial charge >= 0.3 is 0 Å². The molecular formula is C14H12N2. The third-order valence-electron chi connectivity index (χ3n) is 2.93. The van der Waals surface area contributed by atoms with E-state index in [1.165, 1.54) is 10.9 Å². The number of hydrogen-bond donors (Lipinski definition) is 1. The lowest BCUT2D eigenvalue weighted by molar-refractivity contribution is 1.05. The van der Waals surface area contributed by atoms with Crippen molar-refractivity contribution in [3.63, 3.8) is 0 Å². The number of nitrogens with zero attached hydrogens (tertiary/aromatic N) is 1. The number of hydrogen-bond acceptors (Lipinski definition) is 1. The summed E-state index contributed by atoms with van der Waals surface area (Å²) in [5.41, 5.74) is 7.55. The molecule has 0 unspecified atom stereocenters. The second-order valence-electron chi connectivity index (χ2n) is 3.99. The first-order chi connectivity index (χ1) is 7.77. The Morgan fingerprint density at radius 2 is 2.00 bits per heavy atom. The first-order valence-electron chi connectivity index (χ1n) is 5.27. The summed E-state index contributed by atoms with van der Waals surface area (Å²) in [4.78, 5) is 0. The molecule has 1 aliphatic carbocycles. The summed E-state index contributed by atoms with van der Waals surface area (Å²) in [6.07, 6.45) is 6.12. The highest BCUT2D eigenvalue weighted by molar-refractivity contribution is 5.94. The maximum atomic E-state index is 6.08. The molecule has 2 N–H and O–H groups in total. The number of nitrogen functional groups attached to an aromatic ring is 1. The molecule has 16 heavy (non-hydrogen) atoms. The van der Waals surface area contributed by atoms with Gasteiger partial charge in [0.15, 0.2) is 0 Å². The lowest BCUT2D eigenvalue weighted by atomic mass is 10.1. The van der Waals surface area contributed by atoms with E-state index < -0.39 is 0 Å². The fourth-order valence-corrected chi connectivity index (χ4v) is 2.07. The van der Waals surface area contributed by atoms with Gasteiger partial charge in [-0.25, -0.2) is 0 Å². The zero-order valence-electron chi connectivity index (χ0n) is 9.07. The van der Waals surface area contributed by atoms with Gasteiger partial charge in [-0.1, -0.05) is 30.4 Å². The molecule has 0 atom stereocenters. The fraction of sp³-hybridized carbons (Fsp3) is 0.0714. The van der Waals surface area contributed by atoms with Crippen molar-refractivity contribution in [2.45, 2.75) is 6.92 Å². The summed E-state index contributed by atoms with van der Waals surface area (Å²) < 4.78 is 1.72. The third kappa shape index (κ3) is 1.14. The summed E-state index contributed by atoms with van der Waals surface area (Å²) >= 11 is 0. The highest BCUT2D eigenvalue weighted by atomic mass is 15.3. The van der Waals surface area contributed by atoms with E-state index in [0.717, 1.165) is 16.8 Å². The number of nitrogens with two attached hydrogens (primary N) is 1. The van der Waals surface area contributed by atoms with Crippen molar-refractivity contribution in [3.8, 4) is 0 Å². The maximum absolute atomic E-state index is 6.08. The Kier molecular flexibility index (Phi) is 1.79. The van der Waals surface area contributed by atoms with Crippen LogP contribution in [0.2, 0.25) is 0 Å². The normalized spacial score (nSPS) is 13.7. The lowest BCUT2D eigenvalue weighted by Gasteiger charge is -1.97. The molecule has 0 amide bonds. The van der Waals surface area contributed by atoms with E-state index in [2.05, 4.69) is 23.9 Å². The first-order valence-corrected chi connectivity index (χ1v) is 5.27. The van der Waals surface area contributed by atoms with E-state index in [1.807, 2.05) is 31.2 Å². The number of para-hydroxylation sites is 1. The van der Waals surface area contributed by atoms with Crippen LogP contribution < -0.4 is 5.84 Å². The summed E-state index contributed by atoms with van der Waals surface area (Å²) in [6, 6.07) is 8.16. The quantitative estimate of drug-likeness (QED) is 0.523. The van der Waals surface area contributed by atoms with E-state index in [4.69, 9.17) is 5.84 Å². The molecule has 3 rings (SSSR count). The van der Waals surface area contributed by atoms with E-state index in [0.29, 0.717) is 0 Å². The van der Waals surface area contributed by atoms with Crippen molar-refractivity contribution in [1.29, 1.82) is 0 Å². The van der Waals surface area contributed by atoms with Crippen molar-refractivity contribution >= 4 is 23.1 Å². The van der Waals surface area contributed by atoms with Crippen molar-refractivity contribution in [3.05, 3.63) is 52.9 Å². The van der Waals surface area contributed by atoms with Gasteiger partial charge in [0, 0.05) is 17.0 Å². The second-order valence-corrected chi connectivity index (χ2v) is 3.99. The van der Waals surface area contributed by atoms with Crippen LogP contribution in [-0.4, -0.2) is 4.68 Å². The van der Waals surface area contributed by atoms with Crippen LogP contribution in [0.25, 0.3) is 23.1 Å². The molecule has 78 valence electrons. The zero-order valence-corrected chi connectivity index (χ0v) is 9.07. The molecule has 2 heteroatoms. The first kappa shape index (κ1) is 9.08. The number of rotatable bonds is 0. The van der Waals surface area contributed by atoms with Crippen molar-refractivity contribution in [2.75, 3.05) is 5.84 Å². The second kappa shape index (κ2) is 3.16. The topological polar surface area (TPSA) is 30.9 Å². The van der Waals surface area contributed by atoms with Gasteiger partial charge in [-0.15, -0.1) is 5.73 Å². The average Bonchev–Trinajstić information content (AvgIpc) is 2.46. The van der Waals surface area contributed by atoms with Crippen molar-refractivity contribution in [2.24, 2.45) is 0 Å². The molecule has 2 nitrogen and oxygen atoms in total. The van der Waals surface area contributed by atoms with Gasteiger partial charge in [0.25, 0.3) is 0 Å². The van der Waals surface area contributed by atoms with Crippen molar-refractivity contribution in [1.82, 2.24) is 4.68 Å². The van der Waals surface area contributed by atoms with Crippen LogP contribution >= 0.6 is 0 Å².